The molecule has 0 spiro atoms. The van der Waals surface area contributed by atoms with Crippen molar-refractivity contribution in [3.63, 3.8) is 0 Å². The van der Waals surface area contributed by atoms with Crippen molar-refractivity contribution in [3.8, 4) is 0 Å². The number of esters is 1. The number of ether oxygens (including phenoxy) is 1. The number of carbonyl (C=O) groups excluding carboxylic acids is 2. The van der Waals surface area contributed by atoms with Crippen LogP contribution in [0.3, 0.4) is 0 Å². The molecule has 2 aliphatic heterocycles. The number of anilines is 1. The number of rotatable bonds is 4. The van der Waals surface area contributed by atoms with Crippen LogP contribution in [0.2, 0.25) is 0 Å². The average molecular weight is 348 g/mol. The summed E-state index contributed by atoms with van der Waals surface area (Å²) in [6.07, 6.45) is 1.79. The third kappa shape index (κ3) is 3.92. The van der Waals surface area contributed by atoms with Crippen molar-refractivity contribution >= 4 is 29.3 Å². The summed E-state index contributed by atoms with van der Waals surface area (Å²) in [7, 11) is 0. The smallest absolute Gasteiger partial charge is 0.310 e. The van der Waals surface area contributed by atoms with Gasteiger partial charge in [-0.05, 0) is 38.4 Å². The van der Waals surface area contributed by atoms with Crippen molar-refractivity contribution in [2.75, 3.05) is 43.4 Å². The van der Waals surface area contributed by atoms with Crippen LogP contribution in [0.4, 0.5) is 5.69 Å². The molecule has 0 radical (unpaired) electrons. The molecule has 130 valence electrons. The van der Waals surface area contributed by atoms with E-state index in [9.17, 15) is 9.59 Å². The number of para-hydroxylation sites is 1. The molecule has 24 heavy (non-hydrogen) atoms. The van der Waals surface area contributed by atoms with Gasteiger partial charge in [0.05, 0.1) is 24.8 Å². The van der Waals surface area contributed by atoms with E-state index >= 15 is 0 Å². The van der Waals surface area contributed by atoms with Crippen molar-refractivity contribution in [2.45, 2.75) is 24.7 Å². The Labute approximate surface area is 147 Å². The van der Waals surface area contributed by atoms with Gasteiger partial charge >= 0.3 is 5.97 Å². The average Bonchev–Trinajstić information content (AvgIpc) is 2.61. The minimum Gasteiger partial charge on any atom is -0.466 e. The van der Waals surface area contributed by atoms with Crippen molar-refractivity contribution in [1.82, 2.24) is 4.90 Å². The molecule has 0 saturated carbocycles. The van der Waals surface area contributed by atoms with Crippen LogP contribution in [0.25, 0.3) is 0 Å². The molecule has 0 aromatic heterocycles. The number of piperidine rings is 1. The first kappa shape index (κ1) is 17.3. The van der Waals surface area contributed by atoms with Crippen molar-refractivity contribution < 1.29 is 14.3 Å². The van der Waals surface area contributed by atoms with Crippen LogP contribution in [0.1, 0.15) is 19.8 Å². The zero-order valence-electron chi connectivity index (χ0n) is 14.1. The Balaban J connectivity index is 1.62. The lowest BCUT2D eigenvalue weighted by atomic mass is 9.98. The highest BCUT2D eigenvalue weighted by Gasteiger charge is 2.30. The normalized spacial score (nSPS) is 21.2. The predicted molar refractivity (Wildman–Crippen MR) is 95.3 cm³/mol. The molecule has 3 rings (SSSR count). The number of hydrogen-bond donors (Lipinski definition) is 0. The van der Waals surface area contributed by atoms with Gasteiger partial charge in [-0.25, -0.2) is 0 Å². The number of nitrogens with zero attached hydrogens (tertiary/aromatic N) is 2. The second kappa shape index (κ2) is 8.03. The first-order valence-electron chi connectivity index (χ1n) is 8.60. The first-order chi connectivity index (χ1) is 11.7. The highest BCUT2D eigenvalue weighted by atomic mass is 32.2. The van der Waals surface area contributed by atoms with E-state index in [2.05, 4.69) is 11.0 Å². The highest BCUT2D eigenvalue weighted by molar-refractivity contribution is 7.99. The fourth-order valence-corrected chi connectivity index (χ4v) is 4.35. The summed E-state index contributed by atoms with van der Waals surface area (Å²) in [6.45, 7) is 4.84. The Morgan fingerprint density at radius 1 is 1.29 bits per heavy atom. The van der Waals surface area contributed by atoms with Gasteiger partial charge in [-0.3, -0.25) is 14.5 Å². The second-order valence-corrected chi connectivity index (χ2v) is 7.32. The Kier molecular flexibility index (Phi) is 5.79. The molecule has 1 fully saturated rings. The molecular weight excluding hydrogens is 324 g/mol. The van der Waals surface area contributed by atoms with Gasteiger partial charge in [0.1, 0.15) is 0 Å². The third-order valence-electron chi connectivity index (χ3n) is 4.51. The van der Waals surface area contributed by atoms with E-state index in [1.165, 1.54) is 4.90 Å². The molecule has 0 aliphatic carbocycles. The van der Waals surface area contributed by atoms with Crippen LogP contribution in [0.5, 0.6) is 0 Å². The zero-order chi connectivity index (χ0) is 16.9. The van der Waals surface area contributed by atoms with Crippen LogP contribution >= 0.6 is 11.8 Å². The number of thioether (sulfide) groups is 1. The summed E-state index contributed by atoms with van der Waals surface area (Å²) in [5.41, 5.74) is 1.01. The van der Waals surface area contributed by atoms with Gasteiger partial charge in [0, 0.05) is 23.7 Å². The summed E-state index contributed by atoms with van der Waals surface area (Å²) < 4.78 is 5.13. The fraction of sp³-hybridized carbons (Fsp3) is 0.556. The number of benzene rings is 1. The Morgan fingerprint density at radius 2 is 2.12 bits per heavy atom. The summed E-state index contributed by atoms with van der Waals surface area (Å²) in [6, 6.07) is 8.06. The molecule has 1 saturated heterocycles. The van der Waals surface area contributed by atoms with Crippen LogP contribution in [0, 0.1) is 5.92 Å². The molecule has 1 aromatic carbocycles. The van der Waals surface area contributed by atoms with Crippen LogP contribution in [-0.2, 0) is 14.3 Å². The van der Waals surface area contributed by atoms with Crippen LogP contribution in [-0.4, -0.2) is 55.3 Å². The van der Waals surface area contributed by atoms with E-state index in [1.54, 1.807) is 11.8 Å². The van der Waals surface area contributed by atoms with E-state index in [4.69, 9.17) is 4.74 Å². The highest BCUT2D eigenvalue weighted by Crippen LogP contribution is 2.34. The lowest BCUT2D eigenvalue weighted by molar-refractivity contribution is -0.150. The molecule has 0 N–H and O–H groups in total. The monoisotopic (exact) mass is 348 g/mol. The maximum Gasteiger partial charge on any atom is 0.310 e. The summed E-state index contributed by atoms with van der Waals surface area (Å²) in [5.74, 6) is 0.811. The molecule has 5 nitrogen and oxygen atoms in total. The van der Waals surface area contributed by atoms with Crippen molar-refractivity contribution in [2.24, 2.45) is 5.92 Å². The predicted octanol–water partition coefficient (Wildman–Crippen LogP) is 2.40. The maximum absolute atomic E-state index is 12.8. The zero-order valence-corrected chi connectivity index (χ0v) is 14.9. The molecule has 6 heteroatoms. The van der Waals surface area contributed by atoms with E-state index in [1.807, 2.05) is 30.0 Å². The lowest BCUT2D eigenvalue weighted by Crippen LogP contribution is -2.47. The molecule has 1 unspecified atom stereocenters. The van der Waals surface area contributed by atoms with Gasteiger partial charge in [0.15, 0.2) is 0 Å². The van der Waals surface area contributed by atoms with Gasteiger partial charge in [0.25, 0.3) is 0 Å². The molecule has 2 heterocycles. The molecule has 2 aliphatic rings. The minimum atomic E-state index is -0.130. The standard InChI is InChI=1S/C18H24N2O3S/c1-2-23-18(22)14-6-5-9-19(12-14)13-17(21)20-10-11-24-16-8-4-3-7-15(16)20/h3-4,7-8,14H,2,5-6,9-13H2,1H3. The van der Waals surface area contributed by atoms with E-state index in [0.29, 0.717) is 19.7 Å². The number of carbonyl (C=O) groups is 2. The number of amides is 1. The summed E-state index contributed by atoms with van der Waals surface area (Å²) in [5, 5.41) is 0. The SMILES string of the molecule is CCOC(=O)C1CCCN(CC(=O)N2CCSc3ccccc32)C1. The molecule has 1 amide bonds. The van der Waals surface area contributed by atoms with Crippen LogP contribution in [0.15, 0.2) is 29.2 Å². The molecule has 0 bridgehead atoms. The fourth-order valence-electron chi connectivity index (χ4n) is 3.36. The third-order valence-corrected chi connectivity index (χ3v) is 5.56. The second-order valence-electron chi connectivity index (χ2n) is 6.19. The van der Waals surface area contributed by atoms with Gasteiger partial charge in [-0.1, -0.05) is 12.1 Å². The number of fused-ring (bicyclic) bond motifs is 1. The molecular formula is C18H24N2O3S. The minimum absolute atomic E-state index is 0.101. The van der Waals surface area contributed by atoms with E-state index < -0.39 is 0 Å². The Bertz CT molecular complexity index is 608. The Hall–Kier alpha value is -1.53. The van der Waals surface area contributed by atoms with Gasteiger partial charge in [-0.2, -0.15) is 0 Å². The molecule has 1 aromatic rings. The number of hydrogen-bond acceptors (Lipinski definition) is 5. The topological polar surface area (TPSA) is 49.9 Å². The van der Waals surface area contributed by atoms with Gasteiger partial charge in [0.2, 0.25) is 5.91 Å². The van der Waals surface area contributed by atoms with E-state index in [0.717, 1.165) is 37.4 Å². The quantitative estimate of drug-likeness (QED) is 0.782. The Morgan fingerprint density at radius 3 is 2.96 bits per heavy atom. The largest absolute Gasteiger partial charge is 0.466 e. The first-order valence-corrected chi connectivity index (χ1v) is 9.58. The lowest BCUT2D eigenvalue weighted by Gasteiger charge is -2.34. The van der Waals surface area contributed by atoms with Crippen molar-refractivity contribution in [3.05, 3.63) is 24.3 Å². The summed E-state index contributed by atoms with van der Waals surface area (Å²) in [4.78, 5) is 29.9. The molecule has 1 atom stereocenters. The van der Waals surface area contributed by atoms with E-state index in [-0.39, 0.29) is 17.8 Å². The van der Waals surface area contributed by atoms with Gasteiger partial charge < -0.3 is 9.64 Å². The van der Waals surface area contributed by atoms with Gasteiger partial charge in [-0.15, -0.1) is 11.8 Å². The van der Waals surface area contributed by atoms with Crippen LogP contribution < -0.4 is 4.90 Å². The number of likely N-dealkylation sites (tertiary alicyclic amines) is 1. The van der Waals surface area contributed by atoms with Crippen molar-refractivity contribution in [1.29, 1.82) is 0 Å². The maximum atomic E-state index is 12.8. The summed E-state index contributed by atoms with van der Waals surface area (Å²) >= 11 is 1.80.